The van der Waals surface area contributed by atoms with Crippen LogP contribution in [-0.2, 0) is 10.0 Å². The zero-order chi connectivity index (χ0) is 19.8. The van der Waals surface area contributed by atoms with Crippen molar-refractivity contribution in [3.8, 4) is 0 Å². The van der Waals surface area contributed by atoms with Crippen molar-refractivity contribution in [1.82, 2.24) is 9.62 Å². The zero-order valence-electron chi connectivity index (χ0n) is 14.9. The molecular weight excluding hydrogens is 407 g/mol. The Morgan fingerprint density at radius 1 is 1.11 bits per heavy atom. The molecule has 1 atom stereocenters. The van der Waals surface area contributed by atoms with Crippen LogP contribution in [0.4, 0.5) is 0 Å². The van der Waals surface area contributed by atoms with Crippen molar-refractivity contribution in [2.45, 2.75) is 23.8 Å². The Bertz CT molecular complexity index is 955. The maximum Gasteiger partial charge on any atom is 0.253 e. The summed E-state index contributed by atoms with van der Waals surface area (Å²) in [5.41, 5.74) is 1.10. The Labute approximate surface area is 169 Å². The Hall–Kier alpha value is -1.60. The van der Waals surface area contributed by atoms with E-state index in [1.807, 2.05) is 12.1 Å². The van der Waals surface area contributed by atoms with Gasteiger partial charge in [0.25, 0.3) is 5.91 Å². The van der Waals surface area contributed by atoms with Gasteiger partial charge in [-0.3, -0.25) is 4.79 Å². The first-order valence-electron chi connectivity index (χ1n) is 8.48. The van der Waals surface area contributed by atoms with Crippen LogP contribution in [0.3, 0.4) is 0 Å². The van der Waals surface area contributed by atoms with Crippen LogP contribution in [0.1, 0.15) is 34.8 Å². The molecule has 1 aliphatic rings. The molecule has 0 radical (unpaired) electrons. The van der Waals surface area contributed by atoms with Gasteiger partial charge in [-0.05, 0) is 54.7 Å². The number of carbonyl (C=O) groups excluding carboxylic acids is 1. The quantitative estimate of drug-likeness (QED) is 0.754. The third-order valence-corrected chi connectivity index (χ3v) is 6.96. The number of nitrogens with one attached hydrogen (secondary N) is 1. The van der Waals surface area contributed by atoms with Gasteiger partial charge in [0.15, 0.2) is 0 Å². The zero-order valence-corrected chi connectivity index (χ0v) is 17.3. The average Bonchev–Trinajstić information content (AvgIpc) is 3.45. The van der Waals surface area contributed by atoms with Crippen molar-refractivity contribution in [2.75, 3.05) is 14.1 Å². The van der Waals surface area contributed by atoms with Crippen LogP contribution in [0.25, 0.3) is 0 Å². The molecule has 27 heavy (non-hydrogen) atoms. The predicted octanol–water partition coefficient (Wildman–Crippen LogP) is 4.12. The number of carbonyl (C=O) groups is 1. The number of benzene rings is 2. The fraction of sp³-hybridized carbons (Fsp3) is 0.316. The molecule has 2 aromatic rings. The molecule has 5 nitrogen and oxygen atoms in total. The summed E-state index contributed by atoms with van der Waals surface area (Å²) in [7, 11) is -0.783. The fourth-order valence-corrected chi connectivity index (χ4v) is 4.10. The molecule has 8 heteroatoms. The lowest BCUT2D eigenvalue weighted by Crippen LogP contribution is -2.30. The van der Waals surface area contributed by atoms with E-state index in [9.17, 15) is 13.2 Å². The Balaban J connectivity index is 1.89. The van der Waals surface area contributed by atoms with Gasteiger partial charge in [0.2, 0.25) is 10.0 Å². The molecular formula is C19H20Cl2N2O3S. The Morgan fingerprint density at radius 3 is 2.30 bits per heavy atom. The molecule has 1 fully saturated rings. The van der Waals surface area contributed by atoms with Crippen LogP contribution in [0.5, 0.6) is 0 Å². The van der Waals surface area contributed by atoms with Crippen molar-refractivity contribution in [2.24, 2.45) is 5.92 Å². The van der Waals surface area contributed by atoms with E-state index in [4.69, 9.17) is 23.2 Å². The summed E-state index contributed by atoms with van der Waals surface area (Å²) in [5.74, 6) is -0.0507. The molecule has 0 unspecified atom stereocenters. The smallest absolute Gasteiger partial charge is 0.253 e. The number of amides is 1. The van der Waals surface area contributed by atoms with Crippen LogP contribution in [0.2, 0.25) is 10.0 Å². The SMILES string of the molecule is CN(C)S(=O)(=O)c1ccc(Cl)c(C(=O)N[C@H](c2ccc(Cl)cc2)C2CC2)c1. The van der Waals surface area contributed by atoms with Crippen LogP contribution in [0, 0.1) is 5.92 Å². The summed E-state index contributed by atoms with van der Waals surface area (Å²) in [6.07, 6.45) is 2.05. The molecule has 0 aromatic heterocycles. The van der Waals surface area contributed by atoms with Crippen molar-refractivity contribution in [3.05, 3.63) is 63.6 Å². The molecule has 3 rings (SSSR count). The van der Waals surface area contributed by atoms with Crippen molar-refractivity contribution >= 4 is 39.1 Å². The number of hydrogen-bond acceptors (Lipinski definition) is 3. The molecule has 0 heterocycles. The highest BCUT2D eigenvalue weighted by Gasteiger charge is 2.34. The second-order valence-corrected chi connectivity index (χ2v) is 9.76. The molecule has 0 aliphatic heterocycles. The van der Waals surface area contributed by atoms with Crippen molar-refractivity contribution < 1.29 is 13.2 Å². The van der Waals surface area contributed by atoms with Gasteiger partial charge in [-0.25, -0.2) is 12.7 Å². The number of hydrogen-bond donors (Lipinski definition) is 1. The topological polar surface area (TPSA) is 66.5 Å². The first-order valence-corrected chi connectivity index (χ1v) is 10.7. The van der Waals surface area contributed by atoms with Gasteiger partial charge >= 0.3 is 0 Å². The van der Waals surface area contributed by atoms with E-state index in [0.29, 0.717) is 10.9 Å². The van der Waals surface area contributed by atoms with Gasteiger partial charge < -0.3 is 5.32 Å². The molecule has 1 aliphatic carbocycles. The third kappa shape index (κ3) is 4.46. The monoisotopic (exact) mass is 426 g/mol. The van der Waals surface area contributed by atoms with Gasteiger partial charge in [0.05, 0.1) is 21.5 Å². The highest BCUT2D eigenvalue weighted by molar-refractivity contribution is 7.89. The van der Waals surface area contributed by atoms with E-state index < -0.39 is 15.9 Å². The minimum atomic E-state index is -3.66. The summed E-state index contributed by atoms with van der Waals surface area (Å²) >= 11 is 12.1. The first-order chi connectivity index (χ1) is 12.7. The van der Waals surface area contributed by atoms with Crippen molar-refractivity contribution in [3.63, 3.8) is 0 Å². The van der Waals surface area contributed by atoms with Crippen LogP contribution < -0.4 is 5.32 Å². The molecule has 1 saturated carbocycles. The Kier molecular flexibility index (Phi) is 5.82. The van der Waals surface area contributed by atoms with Gasteiger partial charge in [-0.2, -0.15) is 0 Å². The average molecular weight is 427 g/mol. The lowest BCUT2D eigenvalue weighted by Gasteiger charge is -2.20. The summed E-state index contributed by atoms with van der Waals surface area (Å²) in [6.45, 7) is 0. The predicted molar refractivity (Wildman–Crippen MR) is 107 cm³/mol. The van der Waals surface area contributed by atoms with Crippen LogP contribution in [0.15, 0.2) is 47.4 Å². The highest BCUT2D eigenvalue weighted by atomic mass is 35.5. The Morgan fingerprint density at radius 2 is 1.74 bits per heavy atom. The summed E-state index contributed by atoms with van der Waals surface area (Å²) in [5, 5.41) is 3.84. The van der Waals surface area contributed by atoms with E-state index in [-0.39, 0.29) is 21.5 Å². The van der Waals surface area contributed by atoms with Crippen LogP contribution in [-0.4, -0.2) is 32.7 Å². The third-order valence-electron chi connectivity index (χ3n) is 4.57. The largest absolute Gasteiger partial charge is 0.345 e. The van der Waals surface area contributed by atoms with Gasteiger partial charge in [-0.15, -0.1) is 0 Å². The molecule has 1 amide bonds. The summed E-state index contributed by atoms with van der Waals surface area (Å²) in [4.78, 5) is 12.9. The molecule has 0 spiro atoms. The van der Waals surface area contributed by atoms with E-state index in [1.165, 1.54) is 32.3 Å². The van der Waals surface area contributed by atoms with Gasteiger partial charge in [-0.1, -0.05) is 35.3 Å². The minimum absolute atomic E-state index is 0.0246. The normalized spacial score (nSPS) is 15.6. The van der Waals surface area contributed by atoms with Crippen LogP contribution >= 0.6 is 23.2 Å². The van der Waals surface area contributed by atoms with E-state index >= 15 is 0 Å². The van der Waals surface area contributed by atoms with E-state index in [2.05, 4.69) is 5.32 Å². The molecule has 0 bridgehead atoms. The maximum atomic E-state index is 12.9. The molecule has 0 saturated heterocycles. The fourth-order valence-electron chi connectivity index (χ4n) is 2.84. The molecule has 1 N–H and O–H groups in total. The number of sulfonamides is 1. The maximum absolute atomic E-state index is 12.9. The highest BCUT2D eigenvalue weighted by Crippen LogP contribution is 2.41. The minimum Gasteiger partial charge on any atom is -0.345 e. The number of halogens is 2. The molecule has 2 aromatic carbocycles. The number of rotatable bonds is 6. The van der Waals surface area contributed by atoms with E-state index in [0.717, 1.165) is 22.7 Å². The second kappa shape index (κ2) is 7.80. The van der Waals surface area contributed by atoms with Gasteiger partial charge in [0, 0.05) is 19.1 Å². The molecule has 144 valence electrons. The number of nitrogens with zero attached hydrogens (tertiary/aromatic N) is 1. The van der Waals surface area contributed by atoms with E-state index in [1.54, 1.807) is 12.1 Å². The first kappa shape index (κ1) is 20.1. The standard InChI is InChI=1S/C19H20Cl2N2O3S/c1-23(2)27(25,26)15-9-10-17(21)16(11-15)19(24)22-18(12-3-4-12)13-5-7-14(20)8-6-13/h5-12,18H,3-4H2,1-2H3,(H,22,24)/t18-/m0/s1. The lowest BCUT2D eigenvalue weighted by molar-refractivity contribution is 0.0931. The summed E-state index contributed by atoms with van der Waals surface area (Å²) in [6, 6.07) is 11.3. The van der Waals surface area contributed by atoms with Crippen molar-refractivity contribution in [1.29, 1.82) is 0 Å². The summed E-state index contributed by atoms with van der Waals surface area (Å²) < 4.78 is 25.8. The lowest BCUT2D eigenvalue weighted by atomic mass is 10.0. The second-order valence-electron chi connectivity index (χ2n) is 6.77. The van der Waals surface area contributed by atoms with Gasteiger partial charge in [0.1, 0.15) is 0 Å².